The van der Waals surface area contributed by atoms with Crippen LogP contribution in [0, 0.1) is 0 Å². The second kappa shape index (κ2) is 3.25. The average molecular weight is 186 g/mol. The molecular weight excluding hydrogens is 176 g/mol. The molecule has 0 radical (unpaired) electrons. The zero-order valence-electron chi connectivity index (χ0n) is 6.64. The molecule has 1 rings (SSSR count). The normalized spacial score (nSPS) is 14.2. The molecule has 0 spiro atoms. The lowest BCUT2D eigenvalue weighted by atomic mass is 10.2. The molecule has 1 N–H and O–H groups in total. The first-order valence-electron chi connectivity index (χ1n) is 3.53. The molecule has 0 unspecified atom stereocenters. The molecular formula is C8H10O3S. The SMILES string of the molecule is C[C@H](c1ccccc1)S(=O)(=O)O. The maximum absolute atomic E-state index is 10.7. The second-order valence-electron chi connectivity index (χ2n) is 2.57. The van der Waals surface area contributed by atoms with E-state index < -0.39 is 15.4 Å². The Labute approximate surface area is 71.8 Å². The summed E-state index contributed by atoms with van der Waals surface area (Å²) in [5, 5.41) is -0.848. The van der Waals surface area contributed by atoms with Crippen molar-refractivity contribution in [2.24, 2.45) is 0 Å². The Balaban J connectivity index is 3.02. The molecule has 0 aromatic heterocycles. The Bertz CT molecular complexity index is 342. The first kappa shape index (κ1) is 9.22. The molecule has 0 heterocycles. The Hall–Kier alpha value is -0.870. The first-order chi connectivity index (χ1) is 5.52. The van der Waals surface area contributed by atoms with Crippen LogP contribution in [0.15, 0.2) is 30.3 Å². The van der Waals surface area contributed by atoms with Crippen molar-refractivity contribution < 1.29 is 13.0 Å². The molecule has 0 aliphatic heterocycles. The van der Waals surface area contributed by atoms with Crippen LogP contribution >= 0.6 is 0 Å². The predicted molar refractivity (Wildman–Crippen MR) is 46.4 cm³/mol. The van der Waals surface area contributed by atoms with Gasteiger partial charge in [0.05, 0.1) is 0 Å². The van der Waals surface area contributed by atoms with E-state index in [4.69, 9.17) is 4.55 Å². The van der Waals surface area contributed by atoms with E-state index in [9.17, 15) is 8.42 Å². The van der Waals surface area contributed by atoms with Crippen LogP contribution in [0.1, 0.15) is 17.7 Å². The van der Waals surface area contributed by atoms with E-state index in [1.807, 2.05) is 0 Å². The molecule has 0 saturated heterocycles. The van der Waals surface area contributed by atoms with Crippen LogP contribution in [0.4, 0.5) is 0 Å². The Kier molecular flexibility index (Phi) is 2.49. The van der Waals surface area contributed by atoms with Gasteiger partial charge in [0.2, 0.25) is 0 Å². The van der Waals surface area contributed by atoms with Gasteiger partial charge in [0.15, 0.2) is 0 Å². The van der Waals surface area contributed by atoms with Crippen molar-refractivity contribution in [3.8, 4) is 0 Å². The van der Waals surface area contributed by atoms with Gasteiger partial charge in [-0.3, -0.25) is 4.55 Å². The van der Waals surface area contributed by atoms with Gasteiger partial charge >= 0.3 is 0 Å². The topological polar surface area (TPSA) is 54.4 Å². The van der Waals surface area contributed by atoms with Gasteiger partial charge in [0, 0.05) is 0 Å². The molecule has 0 amide bonds. The molecule has 3 nitrogen and oxygen atoms in total. The summed E-state index contributed by atoms with van der Waals surface area (Å²) >= 11 is 0. The zero-order valence-corrected chi connectivity index (χ0v) is 7.45. The summed E-state index contributed by atoms with van der Waals surface area (Å²) in [6.45, 7) is 1.45. The van der Waals surface area contributed by atoms with Crippen LogP contribution in [-0.4, -0.2) is 13.0 Å². The van der Waals surface area contributed by atoms with Crippen LogP contribution in [0.2, 0.25) is 0 Å². The summed E-state index contributed by atoms with van der Waals surface area (Å²) in [5.41, 5.74) is 0.597. The van der Waals surface area contributed by atoms with Crippen molar-refractivity contribution in [1.29, 1.82) is 0 Å². The van der Waals surface area contributed by atoms with Gasteiger partial charge < -0.3 is 0 Å². The molecule has 4 heteroatoms. The third-order valence-electron chi connectivity index (χ3n) is 1.72. The van der Waals surface area contributed by atoms with Gasteiger partial charge in [-0.2, -0.15) is 8.42 Å². The predicted octanol–water partition coefficient (Wildman–Crippen LogP) is 1.64. The Morgan fingerprint density at radius 3 is 2.17 bits per heavy atom. The smallest absolute Gasteiger partial charge is 0.271 e. The van der Waals surface area contributed by atoms with Gasteiger partial charge in [-0.25, -0.2) is 0 Å². The van der Waals surface area contributed by atoms with Crippen LogP contribution < -0.4 is 0 Å². The van der Waals surface area contributed by atoms with Crippen molar-refractivity contribution in [1.82, 2.24) is 0 Å². The number of rotatable bonds is 2. The number of benzene rings is 1. The zero-order chi connectivity index (χ0) is 9.19. The molecule has 0 bridgehead atoms. The molecule has 1 aromatic rings. The Morgan fingerprint density at radius 2 is 1.75 bits per heavy atom. The van der Waals surface area contributed by atoms with Crippen LogP contribution in [-0.2, 0) is 10.1 Å². The molecule has 0 aliphatic rings. The largest absolute Gasteiger partial charge is 0.285 e. The van der Waals surface area contributed by atoms with Gasteiger partial charge in [-0.05, 0) is 12.5 Å². The summed E-state index contributed by atoms with van der Waals surface area (Å²) < 4.78 is 30.1. The van der Waals surface area contributed by atoms with E-state index in [0.29, 0.717) is 5.56 Å². The fraction of sp³-hybridized carbons (Fsp3) is 0.250. The van der Waals surface area contributed by atoms with Gasteiger partial charge in [0.25, 0.3) is 10.1 Å². The highest BCUT2D eigenvalue weighted by Crippen LogP contribution is 2.19. The second-order valence-corrected chi connectivity index (χ2v) is 4.30. The summed E-state index contributed by atoms with van der Waals surface area (Å²) in [5.74, 6) is 0. The van der Waals surface area contributed by atoms with Crippen molar-refractivity contribution in [2.75, 3.05) is 0 Å². The van der Waals surface area contributed by atoms with Crippen molar-refractivity contribution in [3.63, 3.8) is 0 Å². The standard InChI is InChI=1S/C8H10O3S/c1-7(12(9,10)11)8-5-3-2-4-6-8/h2-7H,1H3,(H,9,10,11)/t7-/m1/s1. The van der Waals surface area contributed by atoms with Gasteiger partial charge in [-0.1, -0.05) is 30.3 Å². The lowest BCUT2D eigenvalue weighted by Gasteiger charge is -2.06. The minimum atomic E-state index is -3.96. The van der Waals surface area contributed by atoms with E-state index in [1.54, 1.807) is 30.3 Å². The van der Waals surface area contributed by atoms with Crippen LogP contribution in [0.3, 0.4) is 0 Å². The number of hydrogen-bond donors (Lipinski definition) is 1. The fourth-order valence-electron chi connectivity index (χ4n) is 0.896. The maximum Gasteiger partial charge on any atom is 0.271 e. The number of hydrogen-bond acceptors (Lipinski definition) is 2. The molecule has 0 aliphatic carbocycles. The summed E-state index contributed by atoms with van der Waals surface area (Å²) in [7, 11) is -3.96. The minimum Gasteiger partial charge on any atom is -0.285 e. The molecule has 1 atom stereocenters. The molecule has 12 heavy (non-hydrogen) atoms. The first-order valence-corrected chi connectivity index (χ1v) is 5.03. The van der Waals surface area contributed by atoms with Crippen molar-refractivity contribution >= 4 is 10.1 Å². The van der Waals surface area contributed by atoms with Crippen LogP contribution in [0.25, 0.3) is 0 Å². The highest BCUT2D eigenvalue weighted by molar-refractivity contribution is 7.86. The van der Waals surface area contributed by atoms with Gasteiger partial charge in [-0.15, -0.1) is 0 Å². The fourth-order valence-corrected chi connectivity index (χ4v) is 1.40. The summed E-state index contributed by atoms with van der Waals surface area (Å²) in [6, 6.07) is 8.59. The van der Waals surface area contributed by atoms with E-state index in [2.05, 4.69) is 0 Å². The van der Waals surface area contributed by atoms with E-state index >= 15 is 0 Å². The van der Waals surface area contributed by atoms with E-state index in [-0.39, 0.29) is 0 Å². The van der Waals surface area contributed by atoms with Crippen LogP contribution in [0.5, 0.6) is 0 Å². The molecule has 1 aromatic carbocycles. The highest BCUT2D eigenvalue weighted by Gasteiger charge is 2.18. The van der Waals surface area contributed by atoms with E-state index in [0.717, 1.165) is 0 Å². The molecule has 0 saturated carbocycles. The monoisotopic (exact) mass is 186 g/mol. The van der Waals surface area contributed by atoms with Gasteiger partial charge in [0.1, 0.15) is 5.25 Å². The van der Waals surface area contributed by atoms with Crippen molar-refractivity contribution in [3.05, 3.63) is 35.9 Å². The third-order valence-corrected chi connectivity index (χ3v) is 2.88. The summed E-state index contributed by atoms with van der Waals surface area (Å²) in [4.78, 5) is 0. The molecule has 66 valence electrons. The molecule has 0 fully saturated rings. The minimum absolute atomic E-state index is 0.597. The maximum atomic E-state index is 10.7. The lowest BCUT2D eigenvalue weighted by molar-refractivity contribution is 0.472. The van der Waals surface area contributed by atoms with E-state index in [1.165, 1.54) is 6.92 Å². The Morgan fingerprint density at radius 1 is 1.25 bits per heavy atom. The third kappa shape index (κ3) is 2.06. The average Bonchev–Trinajstić information content (AvgIpc) is 2.03. The quantitative estimate of drug-likeness (QED) is 0.714. The van der Waals surface area contributed by atoms with Crippen molar-refractivity contribution in [2.45, 2.75) is 12.2 Å². The summed E-state index contributed by atoms with van der Waals surface area (Å²) in [6.07, 6.45) is 0. The lowest BCUT2D eigenvalue weighted by Crippen LogP contribution is -2.07. The highest BCUT2D eigenvalue weighted by atomic mass is 32.2.